The minimum atomic E-state index is 0. The zero-order valence-corrected chi connectivity index (χ0v) is 56.0. The molecule has 6 heterocycles. The standard InChI is InChI=1S/C19H13N4.C19H18N3.C18H16N3.C15H12N3.3Ir/c1-2-9-17(10-3-1)23-14-19(21-22-23)16-8-6-7-15(13-16)18-11-4-5-12-20-18;1-19(2)16-7-5-4-6-13(16)15-8-12-10-22-18(11-21(3)20-22)14(12)9-17(15)19;1-18(2)15-7-5-4-6-13(15)14-9-8-12(10-16(14)18)17-19-11-21(3)20-17;1-18-11-16-15(17-18)14-9-5-8-13(10-14)12-6-3-2-4-7-12;;;/h1-7,9-14H;4-9,11H,10H2,1-3H3;4-7,9-11H,1-3H3;2-8,10-11H,1H3;;;/q-1;+1;2*-1;;;. The Balaban J connectivity index is 0.000000127. The van der Waals surface area contributed by atoms with Crippen LogP contribution in [0.4, 0.5) is 0 Å². The van der Waals surface area contributed by atoms with Crippen molar-refractivity contribution >= 4 is 0 Å². The molecule has 13 nitrogen and oxygen atoms in total. The summed E-state index contributed by atoms with van der Waals surface area (Å²) in [5.74, 6) is 1.43. The van der Waals surface area contributed by atoms with Crippen molar-refractivity contribution in [2.75, 3.05) is 0 Å². The monoisotopic (exact) mass is 1670 g/mol. The van der Waals surface area contributed by atoms with Gasteiger partial charge in [-0.3, -0.25) is 24.3 Å². The Morgan fingerprint density at radius 2 is 1.07 bits per heavy atom. The second kappa shape index (κ2) is 25.8. The van der Waals surface area contributed by atoms with Gasteiger partial charge in [-0.1, -0.05) is 153 Å². The average Bonchev–Trinajstić information content (AvgIpc) is 1.63. The van der Waals surface area contributed by atoms with E-state index in [0.29, 0.717) is 5.82 Å². The van der Waals surface area contributed by atoms with Crippen molar-refractivity contribution < 1.29 is 65.0 Å². The second-order valence-electron chi connectivity index (χ2n) is 22.2. The number of fused-ring (bicyclic) bond motifs is 9. The first-order chi connectivity index (χ1) is 40.8. The Labute approximate surface area is 547 Å². The van der Waals surface area contributed by atoms with Gasteiger partial charge in [0.15, 0.2) is 11.9 Å². The van der Waals surface area contributed by atoms with Gasteiger partial charge in [-0.15, -0.1) is 104 Å². The van der Waals surface area contributed by atoms with E-state index in [9.17, 15) is 0 Å². The number of rotatable bonds is 6. The Kier molecular flexibility index (Phi) is 18.2. The summed E-state index contributed by atoms with van der Waals surface area (Å²) in [6, 6.07) is 74.2. The normalized spacial score (nSPS) is 12.6. The van der Waals surface area contributed by atoms with E-state index in [0.717, 1.165) is 57.3 Å². The average molecular weight is 1670 g/mol. The molecule has 1 aliphatic heterocycles. The Bertz CT molecular complexity index is 4530. The third kappa shape index (κ3) is 12.3. The van der Waals surface area contributed by atoms with Crippen LogP contribution in [-0.2, 0) is 98.8 Å². The SMILES string of the molecule is C[n+]1cc2n(n1)Cc1cc3c(cc1-2)C(C)(C)c1ccccc1-3.Cn1cnc(-c2[c-]cc3c(c2)C(C)(C)c2ccccc2-3)n1.Cn1cnc(-c2[c-]ccc(-c3ccccc3)c2)n1.[Ir].[Ir].[Ir].[c-]1ccc(-c2ccccn2)cc1-c1cn(-c2ccccc2)nn1. The van der Waals surface area contributed by atoms with Gasteiger partial charge < -0.3 is 0 Å². The number of para-hydroxylation sites is 1. The fourth-order valence-corrected chi connectivity index (χ4v) is 11.6. The van der Waals surface area contributed by atoms with Crippen LogP contribution >= 0.6 is 0 Å². The first-order valence-corrected chi connectivity index (χ1v) is 27.9. The number of benzene rings is 8. The van der Waals surface area contributed by atoms with Crippen LogP contribution in [0.1, 0.15) is 55.5 Å². The molecule has 0 saturated carbocycles. The molecule has 13 aromatic rings. The van der Waals surface area contributed by atoms with Gasteiger partial charge in [0.05, 0.1) is 28.2 Å². The van der Waals surface area contributed by atoms with E-state index in [-0.39, 0.29) is 71.1 Å². The van der Waals surface area contributed by atoms with Crippen molar-refractivity contribution in [3.05, 3.63) is 265 Å². The summed E-state index contributed by atoms with van der Waals surface area (Å²) in [6.45, 7) is 10.1. The number of pyridine rings is 1. The molecule has 0 N–H and O–H groups in total. The molecule has 5 aromatic heterocycles. The van der Waals surface area contributed by atoms with Crippen LogP contribution in [0.3, 0.4) is 0 Å². The van der Waals surface area contributed by atoms with E-state index in [1.54, 1.807) is 32.9 Å². The molecule has 0 fully saturated rings. The van der Waals surface area contributed by atoms with E-state index in [4.69, 9.17) is 0 Å². The van der Waals surface area contributed by atoms with Gasteiger partial charge in [0, 0.05) is 109 Å². The molecule has 87 heavy (non-hydrogen) atoms. The predicted octanol–water partition coefficient (Wildman–Crippen LogP) is 13.4. The largest absolute Gasteiger partial charge is 0.265 e. The van der Waals surface area contributed by atoms with Crippen molar-refractivity contribution in [2.45, 2.75) is 45.1 Å². The van der Waals surface area contributed by atoms with Gasteiger partial charge in [-0.05, 0) is 75.2 Å². The summed E-state index contributed by atoms with van der Waals surface area (Å²) in [5, 5.41) is 21.6. The van der Waals surface area contributed by atoms with Crippen LogP contribution in [0.2, 0.25) is 0 Å². The molecular formula is C71H59Ir3N13-2. The Morgan fingerprint density at radius 1 is 0.494 bits per heavy atom. The fourth-order valence-electron chi connectivity index (χ4n) is 11.6. The third-order valence-corrected chi connectivity index (χ3v) is 15.9. The fraction of sp³-hybridized carbons (Fsp3) is 0.141. The van der Waals surface area contributed by atoms with E-state index in [2.05, 4.69) is 188 Å². The molecule has 0 bridgehead atoms. The molecule has 8 aromatic carbocycles. The van der Waals surface area contributed by atoms with Gasteiger partial charge in [0.1, 0.15) is 26.2 Å². The van der Waals surface area contributed by atoms with E-state index >= 15 is 0 Å². The summed E-state index contributed by atoms with van der Waals surface area (Å²) < 4.78 is 9.16. The summed E-state index contributed by atoms with van der Waals surface area (Å²) >= 11 is 0. The molecule has 0 saturated heterocycles. The van der Waals surface area contributed by atoms with Gasteiger partial charge in [0.2, 0.25) is 0 Å². The van der Waals surface area contributed by atoms with Crippen LogP contribution in [0.5, 0.6) is 0 Å². The van der Waals surface area contributed by atoms with Gasteiger partial charge in [-0.2, -0.15) is 5.10 Å². The van der Waals surface area contributed by atoms with Gasteiger partial charge in [-0.25, -0.2) is 14.9 Å². The maximum atomic E-state index is 4.52. The predicted molar refractivity (Wildman–Crippen MR) is 328 cm³/mol. The molecule has 16 heteroatoms. The van der Waals surface area contributed by atoms with E-state index < -0.39 is 0 Å². The van der Waals surface area contributed by atoms with Crippen molar-refractivity contribution in [1.29, 1.82) is 0 Å². The summed E-state index contributed by atoms with van der Waals surface area (Å²) in [6.07, 6.45) is 9.22. The van der Waals surface area contributed by atoms with E-state index in [1.165, 1.54) is 66.9 Å². The van der Waals surface area contributed by atoms with E-state index in [1.807, 2.05) is 129 Å². The molecule has 3 aliphatic rings. The first kappa shape index (κ1) is 61.5. The zero-order chi connectivity index (χ0) is 57.5. The Morgan fingerprint density at radius 3 is 1.71 bits per heavy atom. The molecule has 437 valence electrons. The molecular weight excluding hydrogens is 1610 g/mol. The topological polar surface area (TPSA) is 127 Å². The molecule has 2 aliphatic carbocycles. The van der Waals surface area contributed by atoms with Crippen molar-refractivity contribution in [3.63, 3.8) is 0 Å². The number of nitrogens with zero attached hydrogens (tertiary/aromatic N) is 13. The summed E-state index contributed by atoms with van der Waals surface area (Å²) in [4.78, 5) is 13.0. The molecule has 0 atom stereocenters. The van der Waals surface area contributed by atoms with Crippen LogP contribution < -0.4 is 4.68 Å². The quantitative estimate of drug-likeness (QED) is 0.119. The van der Waals surface area contributed by atoms with Crippen LogP contribution in [0.15, 0.2) is 219 Å². The van der Waals surface area contributed by atoms with Crippen molar-refractivity contribution in [1.82, 2.24) is 59.4 Å². The third-order valence-electron chi connectivity index (χ3n) is 15.9. The molecule has 16 rings (SSSR count). The van der Waals surface area contributed by atoms with Crippen LogP contribution in [0.25, 0.3) is 95.6 Å². The number of aryl methyl sites for hydroxylation is 3. The number of aromatic nitrogens is 13. The van der Waals surface area contributed by atoms with Crippen molar-refractivity contribution in [3.8, 4) is 95.6 Å². The molecule has 0 spiro atoms. The molecule has 0 amide bonds. The maximum absolute atomic E-state index is 4.52. The molecule has 3 radical (unpaired) electrons. The number of hydrogen-bond donors (Lipinski definition) is 0. The zero-order valence-electron chi connectivity index (χ0n) is 48.8. The van der Waals surface area contributed by atoms with Gasteiger partial charge in [0.25, 0.3) is 0 Å². The van der Waals surface area contributed by atoms with Crippen LogP contribution in [-0.4, -0.2) is 59.4 Å². The maximum Gasteiger partial charge on any atom is 0.198 e. The minimum absolute atomic E-state index is 0. The van der Waals surface area contributed by atoms with Crippen molar-refractivity contribution in [2.24, 2.45) is 21.1 Å². The summed E-state index contributed by atoms with van der Waals surface area (Å²) in [7, 11) is 5.72. The first-order valence-electron chi connectivity index (χ1n) is 27.9. The number of hydrogen-bond acceptors (Lipinski definition) is 8. The summed E-state index contributed by atoms with van der Waals surface area (Å²) in [5.41, 5.74) is 23.8. The van der Waals surface area contributed by atoms with Gasteiger partial charge >= 0.3 is 0 Å². The minimum Gasteiger partial charge on any atom is -0.265 e. The molecule has 0 unspecified atom stereocenters. The smallest absolute Gasteiger partial charge is 0.198 e. The van der Waals surface area contributed by atoms with Crippen LogP contribution in [0, 0.1) is 18.2 Å². The second-order valence-corrected chi connectivity index (χ2v) is 22.2. The Hall–Kier alpha value is -8.58.